The van der Waals surface area contributed by atoms with Crippen molar-refractivity contribution in [3.63, 3.8) is 0 Å². The molecule has 0 bridgehead atoms. The van der Waals surface area contributed by atoms with Crippen LogP contribution in [-0.2, 0) is 14.3 Å². The van der Waals surface area contributed by atoms with Crippen molar-refractivity contribution in [2.24, 2.45) is 11.0 Å². The second-order valence-corrected chi connectivity index (χ2v) is 9.63. The molecule has 2 aliphatic heterocycles. The van der Waals surface area contributed by atoms with E-state index in [4.69, 9.17) is 14.6 Å². The van der Waals surface area contributed by atoms with Gasteiger partial charge in [-0.15, -0.1) is 0 Å². The number of aryl methyl sites for hydroxylation is 2. The Hall–Kier alpha value is -3.19. The Morgan fingerprint density at radius 3 is 2.36 bits per heavy atom. The van der Waals surface area contributed by atoms with E-state index in [1.807, 2.05) is 38.1 Å². The number of nitrogens with zero attached hydrogens (tertiary/aromatic N) is 3. The first kappa shape index (κ1) is 25.9. The van der Waals surface area contributed by atoms with E-state index in [0.717, 1.165) is 28.2 Å². The Morgan fingerprint density at radius 2 is 1.72 bits per heavy atom. The molecule has 1 amide bonds. The minimum atomic E-state index is -0.166. The van der Waals surface area contributed by atoms with Gasteiger partial charge in [0.05, 0.1) is 37.4 Å². The van der Waals surface area contributed by atoms with Gasteiger partial charge in [0.2, 0.25) is 0 Å². The van der Waals surface area contributed by atoms with Crippen LogP contribution < -0.4 is 4.74 Å². The summed E-state index contributed by atoms with van der Waals surface area (Å²) in [6.45, 7) is 10.7. The largest absolute Gasteiger partial charge is 0.494 e. The van der Waals surface area contributed by atoms with Crippen molar-refractivity contribution in [2.75, 3.05) is 32.8 Å². The predicted molar refractivity (Wildman–Crippen MR) is 140 cm³/mol. The second kappa shape index (κ2) is 11.7. The molecular weight excluding hydrogens is 454 g/mol. The summed E-state index contributed by atoms with van der Waals surface area (Å²) in [6, 6.07) is 14.2. The lowest BCUT2D eigenvalue weighted by Crippen LogP contribution is -2.43. The third kappa shape index (κ3) is 5.95. The van der Waals surface area contributed by atoms with Crippen molar-refractivity contribution < 1.29 is 19.1 Å². The predicted octanol–water partition coefficient (Wildman–Crippen LogP) is 4.65. The summed E-state index contributed by atoms with van der Waals surface area (Å²) in [5.41, 5.74) is 5.42. The molecular formula is C29H37N3O4. The van der Waals surface area contributed by atoms with Gasteiger partial charge >= 0.3 is 5.97 Å². The number of rotatable bonds is 8. The SMILES string of the molecule is CCOC(=O)C1CCN(CC(=O)N2N=C(c3ccc(C)cc3C)C[C@@H]2c2ccc(OCC)cc2)CC1. The van der Waals surface area contributed by atoms with Gasteiger partial charge in [-0.3, -0.25) is 14.5 Å². The fourth-order valence-electron chi connectivity index (χ4n) is 5.10. The van der Waals surface area contributed by atoms with Gasteiger partial charge < -0.3 is 9.47 Å². The van der Waals surface area contributed by atoms with Crippen LogP contribution in [0.25, 0.3) is 0 Å². The van der Waals surface area contributed by atoms with Crippen molar-refractivity contribution in [2.45, 2.75) is 53.0 Å². The molecule has 36 heavy (non-hydrogen) atoms. The van der Waals surface area contributed by atoms with Crippen LogP contribution in [-0.4, -0.2) is 60.3 Å². The van der Waals surface area contributed by atoms with E-state index in [1.165, 1.54) is 5.56 Å². The Morgan fingerprint density at radius 1 is 1.00 bits per heavy atom. The number of hydrogen-bond donors (Lipinski definition) is 0. The highest BCUT2D eigenvalue weighted by Gasteiger charge is 2.35. The number of esters is 1. The summed E-state index contributed by atoms with van der Waals surface area (Å²) >= 11 is 0. The minimum absolute atomic E-state index is 0.0248. The first-order chi connectivity index (χ1) is 17.4. The van der Waals surface area contributed by atoms with Crippen molar-refractivity contribution in [3.05, 3.63) is 64.7 Å². The maximum Gasteiger partial charge on any atom is 0.309 e. The quantitative estimate of drug-likeness (QED) is 0.503. The van der Waals surface area contributed by atoms with E-state index >= 15 is 0 Å². The molecule has 0 saturated carbocycles. The average Bonchev–Trinajstić information content (AvgIpc) is 3.30. The van der Waals surface area contributed by atoms with Crippen LogP contribution in [0.1, 0.15) is 61.4 Å². The average molecular weight is 492 g/mol. The number of amides is 1. The fourth-order valence-corrected chi connectivity index (χ4v) is 5.10. The molecule has 0 radical (unpaired) electrons. The van der Waals surface area contributed by atoms with Gasteiger partial charge in [-0.05, 0) is 76.9 Å². The molecule has 2 aromatic rings. The Balaban J connectivity index is 1.51. The van der Waals surface area contributed by atoms with E-state index in [0.29, 0.717) is 45.6 Å². The van der Waals surface area contributed by atoms with Crippen LogP contribution in [0.15, 0.2) is 47.6 Å². The zero-order chi connectivity index (χ0) is 25.7. The summed E-state index contributed by atoms with van der Waals surface area (Å²) in [6.07, 6.45) is 2.09. The van der Waals surface area contributed by atoms with Gasteiger partial charge in [0.1, 0.15) is 5.75 Å². The number of hydrogen-bond acceptors (Lipinski definition) is 6. The Kier molecular flexibility index (Phi) is 8.41. The number of piperidine rings is 1. The lowest BCUT2D eigenvalue weighted by molar-refractivity contribution is -0.149. The van der Waals surface area contributed by atoms with Crippen LogP contribution in [0.5, 0.6) is 5.75 Å². The van der Waals surface area contributed by atoms with Gasteiger partial charge in [0.25, 0.3) is 5.91 Å². The third-order valence-corrected chi connectivity index (χ3v) is 7.00. The lowest BCUT2D eigenvalue weighted by atomic mass is 9.95. The monoisotopic (exact) mass is 491 g/mol. The van der Waals surface area contributed by atoms with Gasteiger partial charge in [-0.25, -0.2) is 5.01 Å². The summed E-state index contributed by atoms with van der Waals surface area (Å²) < 4.78 is 10.8. The summed E-state index contributed by atoms with van der Waals surface area (Å²) in [7, 11) is 0. The zero-order valence-electron chi connectivity index (χ0n) is 21.8. The molecule has 2 aliphatic rings. The van der Waals surface area contributed by atoms with E-state index < -0.39 is 0 Å². The molecule has 4 rings (SSSR count). The number of carbonyl (C=O) groups is 2. The van der Waals surface area contributed by atoms with Crippen LogP contribution in [0.3, 0.4) is 0 Å². The molecule has 0 aliphatic carbocycles. The molecule has 192 valence electrons. The Bertz CT molecular complexity index is 1100. The standard InChI is InChI=1S/C29H37N3O4/c1-5-35-24-10-8-22(9-11-24)27-18-26(25-12-7-20(3)17-21(25)4)30-32(27)28(33)19-31-15-13-23(14-16-31)29(34)36-6-2/h7-12,17,23,27H,5-6,13-16,18-19H2,1-4H3/t27-/m1/s1. The molecule has 1 fully saturated rings. The van der Waals surface area contributed by atoms with E-state index in [2.05, 4.69) is 36.9 Å². The number of carbonyl (C=O) groups excluding carboxylic acids is 2. The zero-order valence-corrected chi connectivity index (χ0v) is 21.8. The smallest absolute Gasteiger partial charge is 0.309 e. The molecule has 0 spiro atoms. The summed E-state index contributed by atoms with van der Waals surface area (Å²) in [5, 5.41) is 6.54. The van der Waals surface area contributed by atoms with E-state index in [1.54, 1.807) is 5.01 Å². The highest BCUT2D eigenvalue weighted by Crippen LogP contribution is 2.34. The van der Waals surface area contributed by atoms with Crippen molar-refractivity contribution in [1.29, 1.82) is 0 Å². The van der Waals surface area contributed by atoms with E-state index in [-0.39, 0.29) is 30.4 Å². The number of ether oxygens (including phenoxy) is 2. The summed E-state index contributed by atoms with van der Waals surface area (Å²) in [5.74, 6) is 0.593. The first-order valence-corrected chi connectivity index (χ1v) is 13.0. The minimum Gasteiger partial charge on any atom is -0.494 e. The van der Waals surface area contributed by atoms with Crippen molar-refractivity contribution in [3.8, 4) is 5.75 Å². The maximum absolute atomic E-state index is 13.6. The lowest BCUT2D eigenvalue weighted by Gasteiger charge is -2.32. The highest BCUT2D eigenvalue weighted by molar-refractivity contribution is 6.04. The first-order valence-electron chi connectivity index (χ1n) is 13.0. The van der Waals surface area contributed by atoms with Crippen molar-refractivity contribution >= 4 is 17.6 Å². The van der Waals surface area contributed by atoms with Gasteiger partial charge in [0, 0.05) is 12.0 Å². The molecule has 0 N–H and O–H groups in total. The van der Waals surface area contributed by atoms with Crippen LogP contribution in [0, 0.1) is 19.8 Å². The third-order valence-electron chi connectivity index (χ3n) is 7.00. The molecule has 7 nitrogen and oxygen atoms in total. The van der Waals surface area contributed by atoms with Crippen LogP contribution in [0.4, 0.5) is 0 Å². The van der Waals surface area contributed by atoms with Crippen molar-refractivity contribution in [1.82, 2.24) is 9.91 Å². The fraction of sp³-hybridized carbons (Fsp3) is 0.483. The van der Waals surface area contributed by atoms with Gasteiger partial charge in [-0.2, -0.15) is 5.10 Å². The molecule has 0 aromatic heterocycles. The van der Waals surface area contributed by atoms with E-state index in [9.17, 15) is 9.59 Å². The molecule has 7 heteroatoms. The summed E-state index contributed by atoms with van der Waals surface area (Å²) in [4.78, 5) is 27.8. The van der Waals surface area contributed by atoms with Gasteiger partial charge in [-0.1, -0.05) is 35.9 Å². The van der Waals surface area contributed by atoms with Crippen LogP contribution >= 0.6 is 0 Å². The molecule has 2 heterocycles. The maximum atomic E-state index is 13.6. The van der Waals surface area contributed by atoms with Crippen LogP contribution in [0.2, 0.25) is 0 Å². The molecule has 0 unspecified atom stereocenters. The number of benzene rings is 2. The normalized spacial score (nSPS) is 18.7. The van der Waals surface area contributed by atoms with Gasteiger partial charge in [0.15, 0.2) is 0 Å². The number of hydrazone groups is 1. The molecule has 1 atom stereocenters. The molecule has 1 saturated heterocycles. The topological polar surface area (TPSA) is 71.4 Å². The molecule has 2 aromatic carbocycles. The second-order valence-electron chi connectivity index (χ2n) is 9.63. The Labute approximate surface area is 214 Å². The number of likely N-dealkylation sites (tertiary alicyclic amines) is 1. The highest BCUT2D eigenvalue weighted by atomic mass is 16.5.